The van der Waals surface area contributed by atoms with E-state index in [-0.39, 0.29) is 22.9 Å². The summed E-state index contributed by atoms with van der Waals surface area (Å²) < 4.78 is 0. The van der Waals surface area contributed by atoms with Crippen LogP contribution >= 0.6 is 11.6 Å². The summed E-state index contributed by atoms with van der Waals surface area (Å²) >= 11 is 6.29. The SMILES string of the molecule is CCN(CC)C(=O)c1ccc(NC(=O)c2cccc(N3CCNC3=O)c2)cc1Cl. The molecule has 8 heteroatoms. The third kappa shape index (κ3) is 4.51. The molecule has 0 atom stereocenters. The van der Waals surface area contributed by atoms with Gasteiger partial charge >= 0.3 is 6.03 Å². The van der Waals surface area contributed by atoms with E-state index >= 15 is 0 Å². The zero-order valence-electron chi connectivity index (χ0n) is 16.4. The lowest BCUT2D eigenvalue weighted by atomic mass is 10.1. The van der Waals surface area contributed by atoms with Crippen LogP contribution in [0.3, 0.4) is 0 Å². The minimum absolute atomic E-state index is 0.144. The van der Waals surface area contributed by atoms with Gasteiger partial charge in [-0.3, -0.25) is 14.5 Å². The summed E-state index contributed by atoms with van der Waals surface area (Å²) in [4.78, 5) is 40.2. The van der Waals surface area contributed by atoms with Gasteiger partial charge in [0.15, 0.2) is 0 Å². The fourth-order valence-corrected chi connectivity index (χ4v) is 3.45. The number of hydrogen-bond donors (Lipinski definition) is 2. The molecule has 0 bridgehead atoms. The summed E-state index contributed by atoms with van der Waals surface area (Å²) in [5, 5.41) is 5.80. The molecule has 2 aromatic rings. The highest BCUT2D eigenvalue weighted by Gasteiger charge is 2.22. The second-order valence-electron chi connectivity index (χ2n) is 6.56. The highest BCUT2D eigenvalue weighted by Crippen LogP contribution is 2.24. The van der Waals surface area contributed by atoms with E-state index in [9.17, 15) is 14.4 Å². The van der Waals surface area contributed by atoms with Crippen molar-refractivity contribution in [2.24, 2.45) is 0 Å². The van der Waals surface area contributed by atoms with Crippen LogP contribution in [0.15, 0.2) is 42.5 Å². The van der Waals surface area contributed by atoms with Crippen molar-refractivity contribution in [3.63, 3.8) is 0 Å². The second-order valence-corrected chi connectivity index (χ2v) is 6.97. The van der Waals surface area contributed by atoms with E-state index in [1.165, 1.54) is 0 Å². The molecule has 1 saturated heterocycles. The molecule has 0 radical (unpaired) electrons. The lowest BCUT2D eigenvalue weighted by molar-refractivity contribution is 0.0773. The van der Waals surface area contributed by atoms with Gasteiger partial charge in [0.25, 0.3) is 11.8 Å². The van der Waals surface area contributed by atoms with E-state index in [0.29, 0.717) is 48.7 Å². The summed E-state index contributed by atoms with van der Waals surface area (Å²) in [6.45, 7) is 6.13. The van der Waals surface area contributed by atoms with Crippen LogP contribution in [-0.4, -0.2) is 48.9 Å². The second kappa shape index (κ2) is 8.96. The van der Waals surface area contributed by atoms with Crippen molar-refractivity contribution in [3.8, 4) is 0 Å². The van der Waals surface area contributed by atoms with Crippen molar-refractivity contribution in [3.05, 3.63) is 58.6 Å². The molecule has 0 aromatic heterocycles. The van der Waals surface area contributed by atoms with Gasteiger partial charge in [-0.15, -0.1) is 0 Å². The largest absolute Gasteiger partial charge is 0.339 e. The van der Waals surface area contributed by atoms with Crippen LogP contribution in [0.4, 0.5) is 16.2 Å². The zero-order chi connectivity index (χ0) is 21.0. The molecule has 2 N–H and O–H groups in total. The topological polar surface area (TPSA) is 81.8 Å². The maximum atomic E-state index is 12.6. The van der Waals surface area contributed by atoms with E-state index in [1.807, 2.05) is 13.8 Å². The van der Waals surface area contributed by atoms with Crippen LogP contribution in [0.25, 0.3) is 0 Å². The third-order valence-corrected chi connectivity index (χ3v) is 5.10. The molecule has 0 unspecified atom stereocenters. The molecule has 1 heterocycles. The Hall–Kier alpha value is -3.06. The molecule has 1 fully saturated rings. The van der Waals surface area contributed by atoms with Crippen molar-refractivity contribution in [1.82, 2.24) is 10.2 Å². The number of benzene rings is 2. The van der Waals surface area contributed by atoms with E-state index in [4.69, 9.17) is 11.6 Å². The Morgan fingerprint density at radius 1 is 1.17 bits per heavy atom. The first-order valence-electron chi connectivity index (χ1n) is 9.50. The Balaban J connectivity index is 1.75. The lowest BCUT2D eigenvalue weighted by Gasteiger charge is -2.19. The number of carbonyl (C=O) groups excluding carboxylic acids is 3. The van der Waals surface area contributed by atoms with Gasteiger partial charge in [-0.05, 0) is 50.2 Å². The average molecular weight is 415 g/mol. The van der Waals surface area contributed by atoms with Gasteiger partial charge in [0.05, 0.1) is 10.6 Å². The number of hydrogen-bond acceptors (Lipinski definition) is 3. The first kappa shape index (κ1) is 20.7. The minimum atomic E-state index is -0.328. The highest BCUT2D eigenvalue weighted by atomic mass is 35.5. The van der Waals surface area contributed by atoms with Gasteiger partial charge in [0.2, 0.25) is 0 Å². The third-order valence-electron chi connectivity index (χ3n) is 4.78. The number of halogens is 1. The summed E-state index contributed by atoms with van der Waals surface area (Å²) in [7, 11) is 0. The molecule has 4 amide bonds. The predicted octanol–water partition coefficient (Wildman–Crippen LogP) is 3.60. The van der Waals surface area contributed by atoms with Gasteiger partial charge < -0.3 is 15.5 Å². The molecule has 29 heavy (non-hydrogen) atoms. The molecule has 2 aromatic carbocycles. The number of nitrogens with zero attached hydrogens (tertiary/aromatic N) is 2. The summed E-state index contributed by atoms with van der Waals surface area (Å²) in [6, 6.07) is 11.5. The Labute approximate surface area is 174 Å². The Morgan fingerprint density at radius 2 is 1.93 bits per heavy atom. The summed E-state index contributed by atoms with van der Waals surface area (Å²) in [5.41, 5.74) is 1.96. The van der Waals surface area contributed by atoms with E-state index in [2.05, 4.69) is 10.6 Å². The van der Waals surface area contributed by atoms with Gasteiger partial charge in [-0.25, -0.2) is 4.79 Å². The maximum Gasteiger partial charge on any atom is 0.321 e. The van der Waals surface area contributed by atoms with Gasteiger partial charge in [0, 0.05) is 43.1 Å². The van der Waals surface area contributed by atoms with Crippen LogP contribution in [-0.2, 0) is 0 Å². The standard InChI is InChI=1S/C21H23ClN4O3/c1-3-25(4-2)20(28)17-9-8-15(13-18(17)22)24-19(27)14-6-5-7-16(12-14)26-11-10-23-21(26)29/h5-9,12-13H,3-4,10-11H2,1-2H3,(H,23,29)(H,24,27). The molecular weight excluding hydrogens is 392 g/mol. The molecule has 0 aliphatic carbocycles. The van der Waals surface area contributed by atoms with Crippen LogP contribution < -0.4 is 15.5 Å². The quantitative estimate of drug-likeness (QED) is 0.757. The highest BCUT2D eigenvalue weighted by molar-refractivity contribution is 6.34. The van der Waals surface area contributed by atoms with Crippen molar-refractivity contribution < 1.29 is 14.4 Å². The number of urea groups is 1. The molecule has 152 valence electrons. The Morgan fingerprint density at radius 3 is 2.55 bits per heavy atom. The molecular formula is C21H23ClN4O3. The number of nitrogens with one attached hydrogen (secondary N) is 2. The lowest BCUT2D eigenvalue weighted by Crippen LogP contribution is -2.30. The van der Waals surface area contributed by atoms with E-state index in [1.54, 1.807) is 52.3 Å². The summed E-state index contributed by atoms with van der Waals surface area (Å²) in [6.07, 6.45) is 0. The van der Waals surface area contributed by atoms with Gasteiger partial charge in [-0.2, -0.15) is 0 Å². The van der Waals surface area contributed by atoms with Crippen LogP contribution in [0.1, 0.15) is 34.6 Å². The zero-order valence-corrected chi connectivity index (χ0v) is 17.1. The number of anilines is 2. The van der Waals surface area contributed by atoms with Crippen molar-refractivity contribution >= 4 is 40.8 Å². The Bertz CT molecular complexity index is 943. The molecule has 1 aliphatic heterocycles. The molecule has 0 saturated carbocycles. The van der Waals surface area contributed by atoms with E-state index < -0.39 is 0 Å². The normalized spacial score (nSPS) is 13.2. The van der Waals surface area contributed by atoms with Crippen LogP contribution in [0, 0.1) is 0 Å². The van der Waals surface area contributed by atoms with Crippen molar-refractivity contribution in [2.45, 2.75) is 13.8 Å². The average Bonchev–Trinajstić information content (AvgIpc) is 3.15. The first-order chi connectivity index (χ1) is 13.9. The monoisotopic (exact) mass is 414 g/mol. The first-order valence-corrected chi connectivity index (χ1v) is 9.88. The predicted molar refractivity (Wildman–Crippen MR) is 114 cm³/mol. The van der Waals surface area contributed by atoms with Gasteiger partial charge in [0.1, 0.15) is 0 Å². The number of amides is 4. The van der Waals surface area contributed by atoms with Crippen molar-refractivity contribution in [2.75, 3.05) is 36.4 Å². The van der Waals surface area contributed by atoms with Crippen LogP contribution in [0.2, 0.25) is 5.02 Å². The fourth-order valence-electron chi connectivity index (χ4n) is 3.18. The van der Waals surface area contributed by atoms with E-state index in [0.717, 1.165) is 0 Å². The molecule has 7 nitrogen and oxygen atoms in total. The minimum Gasteiger partial charge on any atom is -0.339 e. The summed E-state index contributed by atoms with van der Waals surface area (Å²) in [5.74, 6) is -0.472. The van der Waals surface area contributed by atoms with Gasteiger partial charge in [-0.1, -0.05) is 17.7 Å². The molecule has 0 spiro atoms. The molecule has 3 rings (SSSR count). The maximum absolute atomic E-state index is 12.6. The number of carbonyl (C=O) groups is 3. The molecule has 1 aliphatic rings. The van der Waals surface area contributed by atoms with Crippen molar-refractivity contribution in [1.29, 1.82) is 0 Å². The number of rotatable bonds is 6. The Kier molecular flexibility index (Phi) is 6.39. The van der Waals surface area contributed by atoms with Crippen LogP contribution in [0.5, 0.6) is 0 Å². The smallest absolute Gasteiger partial charge is 0.321 e. The fraction of sp³-hybridized carbons (Fsp3) is 0.286.